The number of para-hydroxylation sites is 1. The molecule has 2 N–H and O–H groups in total. The highest BCUT2D eigenvalue weighted by molar-refractivity contribution is 6.01. The van der Waals surface area contributed by atoms with Crippen LogP contribution >= 0.6 is 0 Å². The standard InChI is InChI=1S/C34H44N2O5/c1-9-32(4,5)27-26(41-31(35-23(3)37)30(39)36-25-19-15-12-16-20-25)21-22-34(40-8,33(6,7)10-2)28(27)29(38)24-17-13-11-14-18-24/h11-22,28,31H,9-10H2,1-8H3,(H,35,37)(H,36,39). The second-order valence-corrected chi connectivity index (χ2v) is 11.8. The molecular formula is C34H44N2O5. The normalized spacial score (nSPS) is 19.9. The number of anilines is 1. The van der Waals surface area contributed by atoms with Gasteiger partial charge >= 0.3 is 0 Å². The Labute approximate surface area is 244 Å². The quantitative estimate of drug-likeness (QED) is 0.223. The van der Waals surface area contributed by atoms with E-state index < -0.39 is 40.4 Å². The van der Waals surface area contributed by atoms with Crippen LogP contribution in [0.2, 0.25) is 0 Å². The predicted molar refractivity (Wildman–Crippen MR) is 162 cm³/mol. The van der Waals surface area contributed by atoms with Crippen LogP contribution in [-0.4, -0.2) is 36.5 Å². The first-order valence-corrected chi connectivity index (χ1v) is 14.2. The Morgan fingerprint density at radius 3 is 2.02 bits per heavy atom. The number of benzene rings is 2. The van der Waals surface area contributed by atoms with Crippen LogP contribution in [0.4, 0.5) is 5.69 Å². The Kier molecular flexibility index (Phi) is 9.98. The zero-order chi connectivity index (χ0) is 30.4. The minimum Gasteiger partial charge on any atom is -0.461 e. The van der Waals surface area contributed by atoms with E-state index in [0.29, 0.717) is 23.4 Å². The van der Waals surface area contributed by atoms with Gasteiger partial charge in [0.2, 0.25) is 5.91 Å². The summed E-state index contributed by atoms with van der Waals surface area (Å²) in [5, 5.41) is 5.44. The summed E-state index contributed by atoms with van der Waals surface area (Å²) in [5.41, 5.74) is -0.125. The molecule has 3 rings (SSSR count). The monoisotopic (exact) mass is 560 g/mol. The second-order valence-electron chi connectivity index (χ2n) is 11.8. The molecule has 0 bridgehead atoms. The lowest BCUT2D eigenvalue weighted by Crippen LogP contribution is -2.57. The highest BCUT2D eigenvalue weighted by Crippen LogP contribution is 2.54. The fourth-order valence-electron chi connectivity index (χ4n) is 5.40. The molecule has 41 heavy (non-hydrogen) atoms. The largest absolute Gasteiger partial charge is 0.461 e. The molecule has 3 atom stereocenters. The molecule has 0 saturated carbocycles. The van der Waals surface area contributed by atoms with Crippen LogP contribution in [0.15, 0.2) is 84.1 Å². The number of carbonyl (C=O) groups is 3. The lowest BCUT2D eigenvalue weighted by molar-refractivity contribution is -0.134. The third-order valence-electron chi connectivity index (χ3n) is 8.54. The maximum atomic E-state index is 14.5. The number of ketones is 1. The van der Waals surface area contributed by atoms with Gasteiger partial charge in [-0.3, -0.25) is 14.4 Å². The van der Waals surface area contributed by atoms with E-state index in [9.17, 15) is 14.4 Å². The topological polar surface area (TPSA) is 93.7 Å². The Bertz CT molecular complexity index is 1300. The van der Waals surface area contributed by atoms with Gasteiger partial charge in [-0.1, -0.05) is 90.1 Å². The van der Waals surface area contributed by atoms with Crippen LogP contribution in [0.1, 0.15) is 71.7 Å². The maximum absolute atomic E-state index is 14.5. The van der Waals surface area contributed by atoms with Crippen molar-refractivity contribution in [1.82, 2.24) is 5.32 Å². The van der Waals surface area contributed by atoms with Crippen molar-refractivity contribution < 1.29 is 23.9 Å². The molecule has 0 fully saturated rings. The summed E-state index contributed by atoms with van der Waals surface area (Å²) in [7, 11) is 1.64. The third kappa shape index (κ3) is 6.62. The van der Waals surface area contributed by atoms with E-state index in [2.05, 4.69) is 52.2 Å². The zero-order valence-corrected chi connectivity index (χ0v) is 25.5. The summed E-state index contributed by atoms with van der Waals surface area (Å²) in [6.45, 7) is 13.8. The highest BCUT2D eigenvalue weighted by atomic mass is 16.5. The van der Waals surface area contributed by atoms with Crippen molar-refractivity contribution >= 4 is 23.3 Å². The van der Waals surface area contributed by atoms with Crippen LogP contribution in [0.25, 0.3) is 0 Å². The highest BCUT2D eigenvalue weighted by Gasteiger charge is 2.57. The first-order valence-electron chi connectivity index (χ1n) is 14.2. The molecule has 0 spiro atoms. The van der Waals surface area contributed by atoms with Crippen LogP contribution in [-0.2, 0) is 19.1 Å². The molecule has 0 aromatic heterocycles. The van der Waals surface area contributed by atoms with Crippen LogP contribution in [0, 0.1) is 16.7 Å². The lowest BCUT2D eigenvalue weighted by Gasteiger charge is -2.52. The van der Waals surface area contributed by atoms with Crippen molar-refractivity contribution in [1.29, 1.82) is 0 Å². The number of Topliss-reactive ketones (excluding diaryl/α,β-unsaturated/α-hetero) is 1. The first-order chi connectivity index (χ1) is 19.3. The summed E-state index contributed by atoms with van der Waals surface area (Å²) >= 11 is 0. The van der Waals surface area contributed by atoms with Gasteiger partial charge in [0.1, 0.15) is 11.4 Å². The van der Waals surface area contributed by atoms with Gasteiger partial charge in [0.05, 0.1) is 5.92 Å². The number of allylic oxidation sites excluding steroid dienone is 1. The van der Waals surface area contributed by atoms with Gasteiger partial charge in [-0.25, -0.2) is 0 Å². The molecule has 7 heteroatoms. The zero-order valence-electron chi connectivity index (χ0n) is 25.5. The van der Waals surface area contributed by atoms with Crippen LogP contribution < -0.4 is 10.6 Å². The average Bonchev–Trinajstić information content (AvgIpc) is 2.96. The van der Waals surface area contributed by atoms with Crippen molar-refractivity contribution in [2.24, 2.45) is 16.7 Å². The molecule has 220 valence electrons. The molecule has 2 aromatic rings. The summed E-state index contributed by atoms with van der Waals surface area (Å²) in [6.07, 6.45) is 3.79. The van der Waals surface area contributed by atoms with E-state index >= 15 is 0 Å². The molecular weight excluding hydrogens is 516 g/mol. The van der Waals surface area contributed by atoms with E-state index in [4.69, 9.17) is 9.47 Å². The van der Waals surface area contributed by atoms with Gasteiger partial charge in [0.15, 0.2) is 5.78 Å². The van der Waals surface area contributed by atoms with Gasteiger partial charge in [-0.05, 0) is 53.5 Å². The summed E-state index contributed by atoms with van der Waals surface area (Å²) in [4.78, 5) is 40.1. The molecule has 1 aliphatic rings. The number of methoxy groups -OCH3 is 1. The van der Waals surface area contributed by atoms with Crippen molar-refractivity contribution in [3.05, 3.63) is 89.7 Å². The van der Waals surface area contributed by atoms with E-state index in [-0.39, 0.29) is 5.78 Å². The number of rotatable bonds is 12. The smallest absolute Gasteiger partial charge is 0.286 e. The molecule has 3 unspecified atom stereocenters. The number of nitrogens with one attached hydrogen (secondary N) is 2. The fraction of sp³-hybridized carbons (Fsp3) is 0.441. The van der Waals surface area contributed by atoms with Crippen molar-refractivity contribution in [2.75, 3.05) is 12.4 Å². The van der Waals surface area contributed by atoms with E-state index in [1.165, 1.54) is 6.92 Å². The second kappa shape index (κ2) is 12.9. The minimum atomic E-state index is -1.34. The SMILES string of the molecule is CCC(C)(C)C1=C(OC(NC(C)=O)C(=O)Nc2ccccc2)C=CC(OC)(C(C)(C)CC)C1C(=O)c1ccccc1. The van der Waals surface area contributed by atoms with Crippen molar-refractivity contribution in [2.45, 2.75) is 73.1 Å². The summed E-state index contributed by atoms with van der Waals surface area (Å²) in [5.74, 6) is -1.45. The molecule has 0 aliphatic heterocycles. The third-order valence-corrected chi connectivity index (χ3v) is 8.54. The minimum absolute atomic E-state index is 0.0965. The number of hydrogen-bond acceptors (Lipinski definition) is 5. The molecule has 7 nitrogen and oxygen atoms in total. The summed E-state index contributed by atoms with van der Waals surface area (Å²) in [6, 6.07) is 18.1. The molecule has 2 amide bonds. The van der Waals surface area contributed by atoms with E-state index in [1.54, 1.807) is 37.5 Å². The average molecular weight is 561 g/mol. The van der Waals surface area contributed by atoms with Gasteiger partial charge in [-0.2, -0.15) is 0 Å². The Hall–Kier alpha value is -3.71. The maximum Gasteiger partial charge on any atom is 0.286 e. The van der Waals surface area contributed by atoms with E-state index in [1.807, 2.05) is 42.5 Å². The summed E-state index contributed by atoms with van der Waals surface area (Å²) < 4.78 is 12.7. The van der Waals surface area contributed by atoms with Gasteiger partial charge < -0.3 is 20.1 Å². The number of amides is 2. The molecule has 0 radical (unpaired) electrons. The first kappa shape index (κ1) is 31.8. The van der Waals surface area contributed by atoms with Gasteiger partial charge in [0.25, 0.3) is 12.1 Å². The van der Waals surface area contributed by atoms with Crippen molar-refractivity contribution in [3.63, 3.8) is 0 Å². The van der Waals surface area contributed by atoms with Crippen molar-refractivity contribution in [3.8, 4) is 0 Å². The molecule has 1 aliphatic carbocycles. The molecule has 0 heterocycles. The van der Waals surface area contributed by atoms with E-state index in [0.717, 1.165) is 12.0 Å². The Balaban J connectivity index is 2.24. The molecule has 0 saturated heterocycles. The number of carbonyl (C=O) groups excluding carboxylic acids is 3. The lowest BCUT2D eigenvalue weighted by atomic mass is 9.56. The number of ether oxygens (including phenoxy) is 2. The fourth-order valence-corrected chi connectivity index (χ4v) is 5.40. The number of hydrogen-bond donors (Lipinski definition) is 2. The van der Waals surface area contributed by atoms with Crippen LogP contribution in [0.5, 0.6) is 0 Å². The molecule has 2 aromatic carbocycles. The Morgan fingerprint density at radius 1 is 0.927 bits per heavy atom. The van der Waals surface area contributed by atoms with Gasteiger partial charge in [-0.15, -0.1) is 0 Å². The van der Waals surface area contributed by atoms with Gasteiger partial charge in [0, 0.05) is 25.3 Å². The predicted octanol–water partition coefficient (Wildman–Crippen LogP) is 6.68. The Morgan fingerprint density at radius 2 is 1.51 bits per heavy atom. The van der Waals surface area contributed by atoms with Crippen LogP contribution in [0.3, 0.4) is 0 Å².